The fraction of sp³-hybridized carbons (Fsp3) is 0.455. The van der Waals surface area contributed by atoms with E-state index in [1.54, 1.807) is 0 Å². The van der Waals surface area contributed by atoms with Crippen LogP contribution in [0.1, 0.15) is 36.1 Å². The Morgan fingerprint density at radius 1 is 1.06 bits per heavy atom. The maximum absolute atomic E-state index is 9.97. The summed E-state index contributed by atoms with van der Waals surface area (Å²) in [5.74, 6) is 2.73. The molecule has 1 saturated heterocycles. The lowest BCUT2D eigenvalue weighted by Crippen LogP contribution is -2.45. The van der Waals surface area contributed by atoms with E-state index in [1.165, 1.54) is 12.8 Å². The summed E-state index contributed by atoms with van der Waals surface area (Å²) in [6, 6.07) is 11.5. The van der Waals surface area contributed by atoms with Crippen molar-refractivity contribution in [2.24, 2.45) is 0 Å². The molecule has 1 aliphatic heterocycles. The van der Waals surface area contributed by atoms with Crippen molar-refractivity contribution in [2.75, 3.05) is 55.4 Å². The molecule has 1 unspecified atom stereocenters. The van der Waals surface area contributed by atoms with Gasteiger partial charge in [0.05, 0.1) is 12.6 Å². The predicted octanol–water partition coefficient (Wildman–Crippen LogP) is 2.11. The van der Waals surface area contributed by atoms with Gasteiger partial charge >= 0.3 is 0 Å². The van der Waals surface area contributed by atoms with Gasteiger partial charge in [0.15, 0.2) is 5.82 Å². The second kappa shape index (κ2) is 9.09. The highest BCUT2D eigenvalue weighted by Crippen LogP contribution is 2.39. The number of H-pyrrole nitrogens is 1. The minimum Gasteiger partial charge on any atom is -0.394 e. The average Bonchev–Trinajstić information content (AvgIpc) is 3.57. The first-order valence-corrected chi connectivity index (χ1v) is 11.1. The van der Waals surface area contributed by atoms with E-state index in [4.69, 9.17) is 0 Å². The summed E-state index contributed by atoms with van der Waals surface area (Å²) in [6.45, 7) is 3.51. The Morgan fingerprint density at radius 3 is 2.53 bits per heavy atom. The molecule has 1 atom stereocenters. The van der Waals surface area contributed by atoms with Gasteiger partial charge in [-0.15, -0.1) is 0 Å². The first-order valence-electron chi connectivity index (χ1n) is 11.1. The number of benzene rings is 1. The van der Waals surface area contributed by atoms with Crippen molar-refractivity contribution >= 4 is 23.7 Å². The van der Waals surface area contributed by atoms with Gasteiger partial charge in [0.25, 0.3) is 0 Å². The summed E-state index contributed by atoms with van der Waals surface area (Å²) in [4.78, 5) is 18.4. The van der Waals surface area contributed by atoms with Gasteiger partial charge in [0.1, 0.15) is 0 Å². The van der Waals surface area contributed by atoms with E-state index < -0.39 is 0 Å². The molecule has 0 spiro atoms. The number of aliphatic hydroxyl groups excluding tert-OH is 1. The third-order valence-electron chi connectivity index (χ3n) is 5.95. The Kier molecular flexibility index (Phi) is 5.87. The lowest BCUT2D eigenvalue weighted by Gasteiger charge is -2.32. The quantitative estimate of drug-likeness (QED) is 0.422. The number of anilines is 4. The highest BCUT2D eigenvalue weighted by molar-refractivity contribution is 5.53. The molecule has 168 valence electrons. The largest absolute Gasteiger partial charge is 0.394 e. The molecule has 4 N–H and O–H groups in total. The lowest BCUT2D eigenvalue weighted by atomic mass is 10.1. The summed E-state index contributed by atoms with van der Waals surface area (Å²) in [7, 11) is 2.12. The van der Waals surface area contributed by atoms with Crippen LogP contribution in [-0.4, -0.2) is 75.0 Å². The standard InChI is InChI=1S/C22H29N9O/c1-30-9-11-31(12-10-30)22-26-20(23-18(14-32)15-5-3-2-4-6-15)25-21(27-22)24-19-13-17(28-29-19)16-7-8-16/h2-6,13,16,18,32H,7-12,14H2,1H3,(H3,23,24,25,26,27,28,29). The summed E-state index contributed by atoms with van der Waals surface area (Å²) in [6.07, 6.45) is 2.41. The maximum Gasteiger partial charge on any atom is 0.235 e. The lowest BCUT2D eigenvalue weighted by molar-refractivity contribution is 0.276. The normalized spacial score (nSPS) is 17.9. The molecule has 0 radical (unpaired) electrons. The summed E-state index contributed by atoms with van der Waals surface area (Å²) < 4.78 is 0. The van der Waals surface area contributed by atoms with E-state index in [-0.39, 0.29) is 12.6 Å². The van der Waals surface area contributed by atoms with Gasteiger partial charge in [-0.05, 0) is 25.5 Å². The molecule has 3 aromatic rings. The molecular formula is C22H29N9O. The molecule has 0 amide bonds. The zero-order chi connectivity index (χ0) is 21.9. The maximum atomic E-state index is 9.97. The Hall–Kier alpha value is -3.24. The fourth-order valence-corrected chi connectivity index (χ4v) is 3.83. The van der Waals surface area contributed by atoms with Crippen LogP contribution < -0.4 is 15.5 Å². The second-order valence-electron chi connectivity index (χ2n) is 8.47. The Bertz CT molecular complexity index is 1030. The van der Waals surface area contributed by atoms with Crippen LogP contribution in [0, 0.1) is 0 Å². The molecule has 0 bridgehead atoms. The van der Waals surface area contributed by atoms with Gasteiger partial charge in [-0.2, -0.15) is 20.1 Å². The molecule has 1 aliphatic carbocycles. The number of aromatic amines is 1. The van der Waals surface area contributed by atoms with Crippen molar-refractivity contribution in [2.45, 2.75) is 24.8 Å². The zero-order valence-corrected chi connectivity index (χ0v) is 18.2. The number of aliphatic hydroxyl groups is 1. The van der Waals surface area contributed by atoms with Crippen molar-refractivity contribution in [3.8, 4) is 0 Å². The molecule has 1 aromatic carbocycles. The Morgan fingerprint density at radius 2 is 1.81 bits per heavy atom. The van der Waals surface area contributed by atoms with Crippen LogP contribution in [0.15, 0.2) is 36.4 Å². The van der Waals surface area contributed by atoms with Gasteiger partial charge in [-0.25, -0.2) is 0 Å². The first-order chi connectivity index (χ1) is 15.7. The smallest absolute Gasteiger partial charge is 0.235 e. The summed E-state index contributed by atoms with van der Waals surface area (Å²) in [5, 5.41) is 23.9. The van der Waals surface area contributed by atoms with Crippen molar-refractivity contribution in [1.29, 1.82) is 0 Å². The van der Waals surface area contributed by atoms with Crippen LogP contribution in [0.3, 0.4) is 0 Å². The van der Waals surface area contributed by atoms with Crippen molar-refractivity contribution in [3.63, 3.8) is 0 Å². The van der Waals surface area contributed by atoms with Crippen molar-refractivity contribution in [3.05, 3.63) is 47.7 Å². The number of rotatable bonds is 8. The van der Waals surface area contributed by atoms with Crippen molar-refractivity contribution in [1.82, 2.24) is 30.0 Å². The Balaban J connectivity index is 1.41. The number of nitrogens with one attached hydrogen (secondary N) is 3. The molecular weight excluding hydrogens is 406 g/mol. The molecule has 2 fully saturated rings. The summed E-state index contributed by atoms with van der Waals surface area (Å²) >= 11 is 0. The number of hydrogen-bond donors (Lipinski definition) is 4. The summed E-state index contributed by atoms with van der Waals surface area (Å²) in [5.41, 5.74) is 2.11. The fourth-order valence-electron chi connectivity index (χ4n) is 3.83. The van der Waals surface area contributed by atoms with E-state index in [9.17, 15) is 5.11 Å². The van der Waals surface area contributed by atoms with E-state index >= 15 is 0 Å². The van der Waals surface area contributed by atoms with Gasteiger partial charge in [0.2, 0.25) is 17.8 Å². The topological polar surface area (TPSA) is 118 Å². The van der Waals surface area contributed by atoms with Crippen LogP contribution in [0.2, 0.25) is 0 Å². The Labute approximate surface area is 187 Å². The number of piperazine rings is 1. The van der Waals surface area contributed by atoms with Gasteiger partial charge < -0.3 is 25.5 Å². The van der Waals surface area contributed by atoms with E-state index in [1.807, 2.05) is 36.4 Å². The molecule has 1 saturated carbocycles. The monoisotopic (exact) mass is 435 g/mol. The van der Waals surface area contributed by atoms with Gasteiger partial charge in [0, 0.05) is 43.9 Å². The van der Waals surface area contributed by atoms with E-state index in [0.717, 1.165) is 37.4 Å². The first kappa shape index (κ1) is 20.7. The number of likely N-dealkylation sites (N-methyl/N-ethyl adjacent to an activating group) is 1. The highest BCUT2D eigenvalue weighted by Gasteiger charge is 2.26. The molecule has 2 aromatic heterocycles. The van der Waals surface area contributed by atoms with Gasteiger partial charge in [-0.1, -0.05) is 30.3 Å². The highest BCUT2D eigenvalue weighted by atomic mass is 16.3. The third kappa shape index (κ3) is 4.81. The minimum atomic E-state index is -0.321. The van der Waals surface area contributed by atoms with Crippen molar-refractivity contribution < 1.29 is 5.11 Å². The van der Waals surface area contributed by atoms with Crippen LogP contribution in [0.25, 0.3) is 0 Å². The minimum absolute atomic E-state index is 0.0770. The van der Waals surface area contributed by atoms with Gasteiger partial charge in [-0.3, -0.25) is 5.10 Å². The SMILES string of the molecule is CN1CCN(c2nc(Nc3cc(C4CC4)[nH]n3)nc(NC(CO)c3ccccc3)n2)CC1. The molecule has 2 aliphatic rings. The molecule has 3 heterocycles. The number of hydrogen-bond acceptors (Lipinski definition) is 9. The van der Waals surface area contributed by atoms with E-state index in [0.29, 0.717) is 29.6 Å². The van der Waals surface area contributed by atoms with E-state index in [2.05, 4.69) is 52.6 Å². The zero-order valence-electron chi connectivity index (χ0n) is 18.2. The number of aromatic nitrogens is 5. The van der Waals surface area contributed by atoms with Crippen LogP contribution in [-0.2, 0) is 0 Å². The second-order valence-corrected chi connectivity index (χ2v) is 8.47. The third-order valence-corrected chi connectivity index (χ3v) is 5.95. The number of nitrogens with zero attached hydrogens (tertiary/aromatic N) is 6. The molecule has 32 heavy (non-hydrogen) atoms. The van der Waals surface area contributed by atoms with Crippen LogP contribution in [0.4, 0.5) is 23.7 Å². The molecule has 10 nitrogen and oxygen atoms in total. The predicted molar refractivity (Wildman–Crippen MR) is 123 cm³/mol. The molecule has 10 heteroatoms. The average molecular weight is 436 g/mol. The molecule has 5 rings (SSSR count). The van der Waals surface area contributed by atoms with Crippen LogP contribution in [0.5, 0.6) is 0 Å². The van der Waals surface area contributed by atoms with Crippen LogP contribution >= 0.6 is 0 Å².